The summed E-state index contributed by atoms with van der Waals surface area (Å²) in [7, 11) is 0. The molecule has 68 valence electrons. The van der Waals surface area contributed by atoms with Crippen LogP contribution in [-0.2, 0) is 0 Å². The van der Waals surface area contributed by atoms with Crippen molar-refractivity contribution in [2.75, 3.05) is 0 Å². The standard InChI is InChI=1S/C11H19N/c1-3-4-5-6-7-8-9-11(2)10-12/h8-9,11H,3-7H2,1-2H3/b9-8+. The molecule has 0 amide bonds. The Labute approximate surface area is 76.1 Å². The van der Waals surface area contributed by atoms with E-state index in [-0.39, 0.29) is 5.92 Å². The molecular formula is C11H19N. The minimum atomic E-state index is 0.0798. The van der Waals surface area contributed by atoms with Crippen LogP contribution in [0.2, 0.25) is 0 Å². The van der Waals surface area contributed by atoms with Crippen LogP contribution in [0.15, 0.2) is 12.2 Å². The lowest BCUT2D eigenvalue weighted by Gasteiger charge is -1.94. The highest BCUT2D eigenvalue weighted by atomic mass is 14.2. The number of hydrogen-bond donors (Lipinski definition) is 0. The fourth-order valence-corrected chi connectivity index (χ4v) is 1.03. The van der Waals surface area contributed by atoms with Crippen molar-refractivity contribution in [1.29, 1.82) is 5.26 Å². The highest BCUT2D eigenvalue weighted by Crippen LogP contribution is 2.04. The van der Waals surface area contributed by atoms with E-state index in [4.69, 9.17) is 5.26 Å². The summed E-state index contributed by atoms with van der Waals surface area (Å²) >= 11 is 0. The Balaban J connectivity index is 3.20. The third kappa shape index (κ3) is 7.34. The van der Waals surface area contributed by atoms with E-state index in [1.54, 1.807) is 0 Å². The summed E-state index contributed by atoms with van der Waals surface area (Å²) in [6.07, 6.45) is 10.5. The summed E-state index contributed by atoms with van der Waals surface area (Å²) in [4.78, 5) is 0. The fraction of sp³-hybridized carbons (Fsp3) is 0.727. The summed E-state index contributed by atoms with van der Waals surface area (Å²) in [5.41, 5.74) is 0. The summed E-state index contributed by atoms with van der Waals surface area (Å²) < 4.78 is 0. The van der Waals surface area contributed by atoms with Crippen molar-refractivity contribution in [2.45, 2.75) is 46.0 Å². The molecule has 0 spiro atoms. The van der Waals surface area contributed by atoms with Gasteiger partial charge in [0.1, 0.15) is 0 Å². The second-order valence-electron chi connectivity index (χ2n) is 3.20. The maximum atomic E-state index is 8.47. The van der Waals surface area contributed by atoms with Crippen molar-refractivity contribution < 1.29 is 0 Å². The molecule has 1 unspecified atom stereocenters. The molecule has 0 aromatic rings. The van der Waals surface area contributed by atoms with Crippen molar-refractivity contribution in [3.05, 3.63) is 12.2 Å². The Kier molecular flexibility index (Phi) is 7.79. The van der Waals surface area contributed by atoms with E-state index in [2.05, 4.69) is 19.1 Å². The van der Waals surface area contributed by atoms with E-state index in [0.717, 1.165) is 6.42 Å². The molecule has 0 aliphatic carbocycles. The van der Waals surface area contributed by atoms with E-state index < -0.39 is 0 Å². The van der Waals surface area contributed by atoms with Gasteiger partial charge in [-0.1, -0.05) is 38.3 Å². The Bertz CT molecular complexity index is 153. The molecule has 0 fully saturated rings. The van der Waals surface area contributed by atoms with Gasteiger partial charge < -0.3 is 0 Å². The van der Waals surface area contributed by atoms with Crippen LogP contribution in [-0.4, -0.2) is 0 Å². The highest BCUT2D eigenvalue weighted by molar-refractivity contribution is 4.97. The number of rotatable bonds is 6. The molecule has 0 saturated carbocycles. The van der Waals surface area contributed by atoms with Crippen molar-refractivity contribution >= 4 is 0 Å². The Morgan fingerprint density at radius 2 is 2.08 bits per heavy atom. The number of hydrogen-bond acceptors (Lipinski definition) is 1. The first-order valence-corrected chi connectivity index (χ1v) is 4.87. The largest absolute Gasteiger partial charge is 0.198 e. The van der Waals surface area contributed by atoms with Gasteiger partial charge in [-0.05, 0) is 19.8 Å². The lowest BCUT2D eigenvalue weighted by atomic mass is 10.1. The summed E-state index contributed by atoms with van der Waals surface area (Å²) in [5, 5.41) is 8.47. The zero-order chi connectivity index (χ0) is 9.23. The molecule has 0 radical (unpaired) electrons. The van der Waals surface area contributed by atoms with Crippen LogP contribution < -0.4 is 0 Å². The predicted octanol–water partition coefficient (Wildman–Crippen LogP) is 3.67. The van der Waals surface area contributed by atoms with Gasteiger partial charge in [0.15, 0.2) is 0 Å². The first kappa shape index (κ1) is 11.2. The van der Waals surface area contributed by atoms with Crippen LogP contribution in [0.25, 0.3) is 0 Å². The quantitative estimate of drug-likeness (QED) is 0.435. The second kappa shape index (κ2) is 8.33. The van der Waals surface area contributed by atoms with Gasteiger partial charge in [-0.3, -0.25) is 0 Å². The molecular weight excluding hydrogens is 146 g/mol. The maximum absolute atomic E-state index is 8.47. The fourth-order valence-electron chi connectivity index (χ4n) is 1.03. The summed E-state index contributed by atoms with van der Waals surface area (Å²) in [6, 6.07) is 2.18. The third-order valence-corrected chi connectivity index (χ3v) is 1.85. The zero-order valence-electron chi connectivity index (χ0n) is 8.21. The number of nitrogens with zero attached hydrogens (tertiary/aromatic N) is 1. The third-order valence-electron chi connectivity index (χ3n) is 1.85. The second-order valence-corrected chi connectivity index (χ2v) is 3.20. The molecule has 12 heavy (non-hydrogen) atoms. The van der Waals surface area contributed by atoms with Crippen molar-refractivity contribution in [1.82, 2.24) is 0 Å². The minimum absolute atomic E-state index is 0.0798. The molecule has 1 atom stereocenters. The number of nitriles is 1. The molecule has 0 rings (SSSR count). The minimum Gasteiger partial charge on any atom is -0.198 e. The van der Waals surface area contributed by atoms with Crippen molar-refractivity contribution in [3.8, 4) is 6.07 Å². The van der Waals surface area contributed by atoms with Crippen molar-refractivity contribution in [3.63, 3.8) is 0 Å². The average Bonchev–Trinajstić information content (AvgIpc) is 2.10. The topological polar surface area (TPSA) is 23.8 Å². The number of unbranched alkanes of at least 4 members (excludes halogenated alkanes) is 4. The maximum Gasteiger partial charge on any atom is 0.0694 e. The SMILES string of the molecule is CCCCCC/C=C/C(C)C#N. The smallest absolute Gasteiger partial charge is 0.0694 e. The molecule has 0 heterocycles. The van der Waals surface area contributed by atoms with E-state index in [1.165, 1.54) is 25.7 Å². The van der Waals surface area contributed by atoms with Gasteiger partial charge in [0.05, 0.1) is 12.0 Å². The van der Waals surface area contributed by atoms with Gasteiger partial charge in [-0.2, -0.15) is 5.26 Å². The predicted molar refractivity (Wildman–Crippen MR) is 52.7 cm³/mol. The highest BCUT2D eigenvalue weighted by Gasteiger charge is 1.89. The lowest BCUT2D eigenvalue weighted by Crippen LogP contribution is -1.81. The normalized spacial score (nSPS) is 13.1. The van der Waals surface area contributed by atoms with Gasteiger partial charge in [0.2, 0.25) is 0 Å². The molecule has 1 nitrogen and oxygen atoms in total. The van der Waals surface area contributed by atoms with Crippen LogP contribution in [0.3, 0.4) is 0 Å². The first-order valence-electron chi connectivity index (χ1n) is 4.87. The van der Waals surface area contributed by atoms with Crippen molar-refractivity contribution in [2.24, 2.45) is 5.92 Å². The van der Waals surface area contributed by atoms with E-state index in [0.29, 0.717) is 0 Å². The van der Waals surface area contributed by atoms with E-state index in [1.807, 2.05) is 13.0 Å². The molecule has 0 aromatic carbocycles. The Morgan fingerprint density at radius 3 is 2.67 bits per heavy atom. The van der Waals surface area contributed by atoms with E-state index in [9.17, 15) is 0 Å². The molecule has 0 N–H and O–H groups in total. The molecule has 0 bridgehead atoms. The van der Waals surface area contributed by atoms with Gasteiger partial charge in [0, 0.05) is 0 Å². The van der Waals surface area contributed by atoms with Gasteiger partial charge in [-0.15, -0.1) is 0 Å². The zero-order valence-corrected chi connectivity index (χ0v) is 8.21. The van der Waals surface area contributed by atoms with Gasteiger partial charge >= 0.3 is 0 Å². The van der Waals surface area contributed by atoms with Gasteiger partial charge in [0.25, 0.3) is 0 Å². The first-order chi connectivity index (χ1) is 5.81. The van der Waals surface area contributed by atoms with Crippen LogP contribution in [0.5, 0.6) is 0 Å². The van der Waals surface area contributed by atoms with Crippen LogP contribution in [0.4, 0.5) is 0 Å². The monoisotopic (exact) mass is 165 g/mol. The Hall–Kier alpha value is -0.770. The number of allylic oxidation sites excluding steroid dienone is 2. The summed E-state index contributed by atoms with van der Waals surface area (Å²) in [6.45, 7) is 4.14. The van der Waals surface area contributed by atoms with Crippen LogP contribution >= 0.6 is 0 Å². The van der Waals surface area contributed by atoms with Crippen LogP contribution in [0, 0.1) is 17.2 Å². The lowest BCUT2D eigenvalue weighted by molar-refractivity contribution is 0.673. The van der Waals surface area contributed by atoms with Gasteiger partial charge in [-0.25, -0.2) is 0 Å². The Morgan fingerprint density at radius 1 is 1.33 bits per heavy atom. The molecule has 0 saturated heterocycles. The molecule has 0 aliphatic heterocycles. The average molecular weight is 165 g/mol. The van der Waals surface area contributed by atoms with E-state index >= 15 is 0 Å². The van der Waals surface area contributed by atoms with Crippen LogP contribution in [0.1, 0.15) is 46.0 Å². The molecule has 0 aliphatic rings. The molecule has 1 heteroatoms. The summed E-state index contributed by atoms with van der Waals surface area (Å²) in [5.74, 6) is 0.0798. The molecule has 0 aromatic heterocycles.